The van der Waals surface area contributed by atoms with Gasteiger partial charge in [0.2, 0.25) is 0 Å². The van der Waals surface area contributed by atoms with E-state index in [4.69, 9.17) is 10.5 Å². The number of rotatable bonds is 17. The molecule has 0 heterocycles. The minimum Gasteiger partial charge on any atom is -0.508 e. The Kier molecular flexibility index (Phi) is 12.3. The number of unbranched alkanes of at least 4 members (excludes halogenated alkanes) is 3. The molecule has 0 radical (unpaired) electrons. The van der Waals surface area contributed by atoms with Gasteiger partial charge in [0.15, 0.2) is 0 Å². The van der Waals surface area contributed by atoms with Crippen LogP contribution in [0, 0.1) is 0 Å². The van der Waals surface area contributed by atoms with Gasteiger partial charge in [0.25, 0.3) is 10.0 Å². The molecule has 6 N–H and O–H groups in total. The van der Waals surface area contributed by atoms with Crippen LogP contribution in [0.3, 0.4) is 0 Å². The van der Waals surface area contributed by atoms with Gasteiger partial charge in [-0.2, -0.15) is 0 Å². The van der Waals surface area contributed by atoms with Gasteiger partial charge in [0.05, 0.1) is 4.90 Å². The van der Waals surface area contributed by atoms with E-state index in [-0.39, 0.29) is 17.3 Å². The maximum atomic E-state index is 12.9. The third kappa shape index (κ3) is 10.6. The van der Waals surface area contributed by atoms with E-state index in [0.29, 0.717) is 43.2 Å². The van der Waals surface area contributed by atoms with E-state index in [1.165, 1.54) is 29.2 Å². The number of phenolic OH excluding ortho intramolecular Hbond substituents is 1. The molecule has 222 valence electrons. The largest absolute Gasteiger partial charge is 0.508 e. The highest BCUT2D eigenvalue weighted by atomic mass is 32.2. The van der Waals surface area contributed by atoms with Crippen molar-refractivity contribution in [1.82, 2.24) is 5.32 Å². The van der Waals surface area contributed by atoms with Gasteiger partial charge in [-0.15, -0.1) is 0 Å². The molecular formula is C30H40N4O6S. The molecule has 0 bridgehead atoms. The number of aliphatic hydroxyl groups is 1. The number of carbonyl (C=O) groups excluding carboxylic acids is 1. The lowest BCUT2D eigenvalue weighted by molar-refractivity contribution is 0.106. The zero-order valence-electron chi connectivity index (χ0n) is 23.3. The number of nitrogens with two attached hydrogens (primary N) is 1. The maximum Gasteiger partial charge on any atom is 0.319 e. The number of carbonyl (C=O) groups is 1. The molecule has 0 aliphatic heterocycles. The number of sulfonamides is 1. The van der Waals surface area contributed by atoms with Crippen molar-refractivity contribution in [2.75, 3.05) is 35.9 Å². The quantitative estimate of drug-likeness (QED) is 0.149. The molecule has 0 saturated carbocycles. The van der Waals surface area contributed by atoms with Crippen molar-refractivity contribution in [1.29, 1.82) is 0 Å². The molecule has 0 saturated heterocycles. The molecular weight excluding hydrogens is 544 g/mol. The summed E-state index contributed by atoms with van der Waals surface area (Å²) in [6, 6.07) is 18.9. The molecule has 0 aliphatic carbocycles. The second-order valence-corrected chi connectivity index (χ2v) is 11.4. The Morgan fingerprint density at radius 3 is 2.29 bits per heavy atom. The number of phenols is 1. The van der Waals surface area contributed by atoms with Crippen molar-refractivity contribution >= 4 is 27.4 Å². The van der Waals surface area contributed by atoms with E-state index < -0.39 is 22.2 Å². The molecule has 11 heteroatoms. The summed E-state index contributed by atoms with van der Waals surface area (Å²) in [6.07, 6.45) is 3.98. The van der Waals surface area contributed by atoms with E-state index in [2.05, 4.69) is 17.0 Å². The van der Waals surface area contributed by atoms with Crippen LogP contribution in [-0.4, -0.2) is 57.0 Å². The fourth-order valence-electron chi connectivity index (χ4n) is 4.12. The number of hydrogen-bond donors (Lipinski definition) is 5. The number of nitrogens with one attached hydrogen (secondary N) is 2. The number of nitrogens with zero attached hydrogens (tertiary/aromatic N) is 1. The Morgan fingerprint density at radius 2 is 1.66 bits per heavy atom. The van der Waals surface area contributed by atoms with Crippen molar-refractivity contribution in [3.05, 3.63) is 78.4 Å². The predicted molar refractivity (Wildman–Crippen MR) is 161 cm³/mol. The molecule has 41 heavy (non-hydrogen) atoms. The van der Waals surface area contributed by atoms with Gasteiger partial charge in [-0.3, -0.25) is 9.62 Å². The number of amides is 2. The Hall–Kier alpha value is -3.80. The van der Waals surface area contributed by atoms with Crippen LogP contribution in [0.15, 0.2) is 77.7 Å². The van der Waals surface area contributed by atoms with E-state index in [1.807, 2.05) is 12.1 Å². The molecule has 10 nitrogen and oxygen atoms in total. The van der Waals surface area contributed by atoms with Crippen LogP contribution in [-0.2, 0) is 16.4 Å². The number of aromatic hydroxyl groups is 1. The molecule has 1 atom stereocenters. The minimum atomic E-state index is -3.82. The van der Waals surface area contributed by atoms with E-state index in [9.17, 15) is 23.4 Å². The summed E-state index contributed by atoms with van der Waals surface area (Å²) in [4.78, 5) is 13.4. The molecule has 0 aromatic heterocycles. The summed E-state index contributed by atoms with van der Waals surface area (Å²) >= 11 is 0. The Labute approximate surface area is 242 Å². The molecule has 3 rings (SSSR count). The first-order chi connectivity index (χ1) is 19.7. The molecule has 0 fully saturated rings. The zero-order chi connectivity index (χ0) is 29.7. The fraction of sp³-hybridized carbons (Fsp3) is 0.367. The number of ether oxygens (including phenoxy) is 1. The standard InChI is InChI=1S/C30H40N4O6S/c1-2-3-4-5-20-34(30(31)37)25-10-16-29(17-11-25)41(38,39)33-24-8-6-23(7-9-24)18-19-32-21-27(36)22-40-28-14-12-26(35)13-15-28/h6-17,27,32-33,35-36H,2-5,18-22H2,1H3,(H2,31,37). The van der Waals surface area contributed by atoms with Gasteiger partial charge >= 0.3 is 6.03 Å². The van der Waals surface area contributed by atoms with Gasteiger partial charge in [-0.05, 0) is 85.6 Å². The number of hydrogen-bond acceptors (Lipinski definition) is 7. The van der Waals surface area contributed by atoms with E-state index in [0.717, 1.165) is 31.2 Å². The predicted octanol–water partition coefficient (Wildman–Crippen LogP) is 4.23. The third-order valence-electron chi connectivity index (χ3n) is 6.42. The highest BCUT2D eigenvalue weighted by molar-refractivity contribution is 7.92. The SMILES string of the molecule is CCCCCCN(C(N)=O)c1ccc(S(=O)(=O)Nc2ccc(CCNCC(O)COc3ccc(O)cc3)cc2)cc1. The monoisotopic (exact) mass is 584 g/mol. The van der Waals surface area contributed by atoms with Crippen LogP contribution >= 0.6 is 0 Å². The fourth-order valence-corrected chi connectivity index (χ4v) is 5.18. The highest BCUT2D eigenvalue weighted by Crippen LogP contribution is 2.22. The van der Waals surface area contributed by atoms with Gasteiger partial charge in [0.1, 0.15) is 24.2 Å². The van der Waals surface area contributed by atoms with Crippen LogP contribution in [0.5, 0.6) is 11.5 Å². The average Bonchev–Trinajstić information content (AvgIpc) is 2.95. The Morgan fingerprint density at radius 1 is 0.976 bits per heavy atom. The van der Waals surface area contributed by atoms with Gasteiger partial charge in [-0.1, -0.05) is 38.3 Å². The summed E-state index contributed by atoms with van der Waals surface area (Å²) in [6.45, 7) is 3.69. The van der Waals surface area contributed by atoms with E-state index >= 15 is 0 Å². The first-order valence-electron chi connectivity index (χ1n) is 13.8. The van der Waals surface area contributed by atoms with Gasteiger partial charge < -0.3 is 26.0 Å². The summed E-state index contributed by atoms with van der Waals surface area (Å²) in [7, 11) is -3.82. The zero-order valence-corrected chi connectivity index (χ0v) is 24.1. The van der Waals surface area contributed by atoms with Crippen molar-refractivity contribution in [3.8, 4) is 11.5 Å². The first kappa shape index (κ1) is 31.7. The van der Waals surface area contributed by atoms with Crippen molar-refractivity contribution in [2.24, 2.45) is 5.73 Å². The number of aliphatic hydroxyl groups excluding tert-OH is 1. The molecule has 0 aliphatic rings. The molecule has 1 unspecified atom stereocenters. The molecule has 3 aromatic carbocycles. The lowest BCUT2D eigenvalue weighted by Gasteiger charge is -2.21. The Bertz CT molecular complexity index is 1320. The van der Waals surface area contributed by atoms with Crippen molar-refractivity contribution in [3.63, 3.8) is 0 Å². The number of urea groups is 1. The normalized spacial score (nSPS) is 12.0. The molecule has 3 aromatic rings. The van der Waals surface area contributed by atoms with Crippen LogP contribution in [0.1, 0.15) is 38.2 Å². The first-order valence-corrected chi connectivity index (χ1v) is 15.3. The number of primary amides is 1. The third-order valence-corrected chi connectivity index (χ3v) is 7.81. The number of anilines is 2. The minimum absolute atomic E-state index is 0.0814. The number of benzene rings is 3. The maximum absolute atomic E-state index is 12.9. The van der Waals surface area contributed by atoms with Crippen molar-refractivity contribution < 1.29 is 28.2 Å². The lowest BCUT2D eigenvalue weighted by Crippen LogP contribution is -2.36. The summed E-state index contributed by atoms with van der Waals surface area (Å²) in [5.74, 6) is 0.718. The van der Waals surface area contributed by atoms with E-state index in [1.54, 1.807) is 36.4 Å². The van der Waals surface area contributed by atoms with Crippen LogP contribution in [0.25, 0.3) is 0 Å². The average molecular weight is 585 g/mol. The van der Waals surface area contributed by atoms with Crippen molar-refractivity contribution in [2.45, 2.75) is 50.0 Å². The summed E-state index contributed by atoms with van der Waals surface area (Å²) < 4.78 is 33.9. The van der Waals surface area contributed by atoms with Crippen LogP contribution in [0.2, 0.25) is 0 Å². The van der Waals surface area contributed by atoms with Crippen LogP contribution in [0.4, 0.5) is 16.2 Å². The van der Waals surface area contributed by atoms with Gasteiger partial charge in [-0.25, -0.2) is 13.2 Å². The Balaban J connectivity index is 1.44. The molecule has 2 amide bonds. The van der Waals surface area contributed by atoms with Gasteiger partial charge in [0, 0.05) is 24.5 Å². The topological polar surface area (TPSA) is 154 Å². The second kappa shape index (κ2) is 15.8. The summed E-state index contributed by atoms with van der Waals surface area (Å²) in [5.41, 5.74) is 7.54. The molecule has 0 spiro atoms. The lowest BCUT2D eigenvalue weighted by atomic mass is 10.1. The smallest absolute Gasteiger partial charge is 0.319 e. The second-order valence-electron chi connectivity index (χ2n) is 9.76. The highest BCUT2D eigenvalue weighted by Gasteiger charge is 2.17. The van der Waals surface area contributed by atoms with Crippen LogP contribution < -0.4 is 25.4 Å². The summed E-state index contributed by atoms with van der Waals surface area (Å²) in [5, 5.41) is 22.6.